The maximum absolute atomic E-state index is 4.71. The van der Waals surface area contributed by atoms with Crippen LogP contribution in [-0.4, -0.2) is 17.6 Å². The van der Waals surface area contributed by atoms with Crippen LogP contribution in [-0.2, 0) is 0 Å². The van der Waals surface area contributed by atoms with Crippen LogP contribution in [0.25, 0.3) is 0 Å². The molecule has 1 rings (SSSR count). The molecule has 46 valence electrons. The Morgan fingerprint density at radius 1 is 1.33 bits per heavy atom. The Morgan fingerprint density at radius 2 is 2.22 bits per heavy atom. The Bertz CT molecular complexity index is 163. The van der Waals surface area contributed by atoms with Crippen LogP contribution in [0, 0.1) is 0 Å². The van der Waals surface area contributed by atoms with Crippen molar-refractivity contribution in [2.24, 2.45) is 4.99 Å². The van der Waals surface area contributed by atoms with Crippen molar-refractivity contribution in [2.75, 3.05) is 0 Å². The summed E-state index contributed by atoms with van der Waals surface area (Å²) >= 11 is 4.71. The Morgan fingerprint density at radius 3 is 3.00 bits per heavy atom. The van der Waals surface area contributed by atoms with Crippen molar-refractivity contribution < 1.29 is 0 Å². The number of hydrogen-bond donors (Lipinski definition) is 0. The fourth-order valence-corrected chi connectivity index (χ4v) is 0.732. The molecule has 9 heavy (non-hydrogen) atoms. The van der Waals surface area contributed by atoms with E-state index < -0.39 is 0 Å². The molecule has 0 amide bonds. The zero-order valence-electron chi connectivity index (χ0n) is 4.90. The third-order valence-electron chi connectivity index (χ3n) is 1.01. The lowest BCUT2D eigenvalue weighted by molar-refractivity contribution is 1.13. The van der Waals surface area contributed by atoms with E-state index in [1.807, 2.05) is 24.3 Å². The first-order valence-electron chi connectivity index (χ1n) is 2.75. The van der Waals surface area contributed by atoms with Gasteiger partial charge in [0.1, 0.15) is 0 Å². The predicted molar refractivity (Wildman–Crippen MR) is 44.2 cm³/mol. The third-order valence-corrected chi connectivity index (χ3v) is 1.29. The van der Waals surface area contributed by atoms with E-state index in [1.54, 1.807) is 11.6 Å². The summed E-state index contributed by atoms with van der Waals surface area (Å²) in [5, 5.41) is 1.64. The van der Waals surface area contributed by atoms with E-state index in [2.05, 4.69) is 4.99 Å². The first-order valence-corrected chi connectivity index (χ1v) is 3.22. The minimum atomic E-state index is 0.0926. The van der Waals surface area contributed by atoms with Gasteiger partial charge in [0.2, 0.25) is 0 Å². The van der Waals surface area contributed by atoms with Crippen molar-refractivity contribution in [3.8, 4) is 0 Å². The highest BCUT2D eigenvalue weighted by molar-refractivity contribution is 7.79. The van der Waals surface area contributed by atoms with E-state index in [1.165, 1.54) is 0 Å². The fraction of sp³-hybridized carbons (Fsp3) is 0.143. The summed E-state index contributed by atoms with van der Waals surface area (Å²) in [6, 6.07) is 0.0926. The molecule has 1 aliphatic heterocycles. The van der Waals surface area contributed by atoms with Crippen molar-refractivity contribution in [3.05, 3.63) is 24.3 Å². The molecule has 0 N–H and O–H groups in total. The van der Waals surface area contributed by atoms with Gasteiger partial charge in [0.25, 0.3) is 0 Å². The van der Waals surface area contributed by atoms with Gasteiger partial charge >= 0.3 is 0 Å². The third kappa shape index (κ3) is 1.90. The summed E-state index contributed by atoms with van der Waals surface area (Å²) in [4.78, 5) is 4.08. The summed E-state index contributed by atoms with van der Waals surface area (Å²) in [7, 11) is 0. The van der Waals surface area contributed by atoms with Crippen LogP contribution in [0.4, 0.5) is 0 Å². The molecular formula is C7H7NS. The van der Waals surface area contributed by atoms with Gasteiger partial charge in [0.05, 0.1) is 6.04 Å². The normalized spacial score (nSPS) is 23.8. The van der Waals surface area contributed by atoms with E-state index in [9.17, 15) is 0 Å². The van der Waals surface area contributed by atoms with Crippen molar-refractivity contribution in [1.82, 2.24) is 0 Å². The van der Waals surface area contributed by atoms with Gasteiger partial charge in [-0.1, -0.05) is 30.4 Å². The molecule has 0 radical (unpaired) electrons. The van der Waals surface area contributed by atoms with Gasteiger partial charge in [0.15, 0.2) is 0 Å². The van der Waals surface area contributed by atoms with Crippen LogP contribution in [0.15, 0.2) is 29.3 Å². The second-order valence-electron chi connectivity index (χ2n) is 1.69. The number of allylic oxidation sites excluding steroid dienone is 3. The first-order chi connectivity index (χ1) is 4.43. The van der Waals surface area contributed by atoms with Crippen molar-refractivity contribution in [2.45, 2.75) is 6.04 Å². The average Bonchev–Trinajstić information content (AvgIpc) is 2.13. The van der Waals surface area contributed by atoms with E-state index in [4.69, 9.17) is 12.2 Å². The lowest BCUT2D eigenvalue weighted by Crippen LogP contribution is -1.97. The monoisotopic (exact) mass is 137 g/mol. The average molecular weight is 137 g/mol. The molecular weight excluding hydrogens is 130 g/mol. The molecule has 0 aromatic rings. The topological polar surface area (TPSA) is 12.4 Å². The zero-order chi connectivity index (χ0) is 6.53. The molecule has 0 aromatic heterocycles. The molecule has 0 saturated heterocycles. The highest BCUT2D eigenvalue weighted by Gasteiger charge is 1.92. The summed E-state index contributed by atoms with van der Waals surface area (Å²) in [5.74, 6) is 0. The molecule has 0 bridgehead atoms. The molecule has 1 nitrogen and oxygen atoms in total. The van der Waals surface area contributed by atoms with E-state index in [-0.39, 0.29) is 6.04 Å². The van der Waals surface area contributed by atoms with E-state index >= 15 is 0 Å². The van der Waals surface area contributed by atoms with Crippen LogP contribution in [0.2, 0.25) is 0 Å². The van der Waals surface area contributed by atoms with Gasteiger partial charge in [-0.15, -0.1) is 0 Å². The van der Waals surface area contributed by atoms with Gasteiger partial charge in [-0.05, 0) is 6.08 Å². The summed E-state index contributed by atoms with van der Waals surface area (Å²) in [5.41, 5.74) is 0. The number of hydrogen-bond acceptors (Lipinski definition) is 2. The van der Waals surface area contributed by atoms with Crippen LogP contribution < -0.4 is 0 Å². The summed E-state index contributed by atoms with van der Waals surface area (Å²) < 4.78 is 0. The minimum Gasteiger partial charge on any atom is -0.281 e. The molecule has 1 aliphatic rings. The SMILES string of the molecule is S=CC1C=CC=CC=N1. The van der Waals surface area contributed by atoms with Crippen LogP contribution >= 0.6 is 12.2 Å². The molecule has 0 aromatic carbocycles. The standard InChI is InChI=1S/C7H7NS/c9-6-7-4-2-1-3-5-8-7/h1-7H. The lowest BCUT2D eigenvalue weighted by atomic mass is 10.3. The summed E-state index contributed by atoms with van der Waals surface area (Å²) in [6.07, 6.45) is 9.47. The first kappa shape index (κ1) is 6.36. The molecule has 2 heteroatoms. The lowest BCUT2D eigenvalue weighted by Gasteiger charge is -1.92. The minimum absolute atomic E-state index is 0.0926. The van der Waals surface area contributed by atoms with E-state index in [0.717, 1.165) is 0 Å². The molecule has 1 heterocycles. The zero-order valence-corrected chi connectivity index (χ0v) is 5.71. The Hall–Kier alpha value is -0.760. The Balaban J connectivity index is 2.69. The van der Waals surface area contributed by atoms with Gasteiger partial charge in [-0.25, -0.2) is 0 Å². The summed E-state index contributed by atoms with van der Waals surface area (Å²) in [6.45, 7) is 0. The second-order valence-corrected chi connectivity index (χ2v) is 1.97. The van der Waals surface area contributed by atoms with Crippen molar-refractivity contribution in [1.29, 1.82) is 0 Å². The number of rotatable bonds is 1. The highest BCUT2D eigenvalue weighted by atomic mass is 32.1. The van der Waals surface area contributed by atoms with Gasteiger partial charge in [-0.3, -0.25) is 4.99 Å². The van der Waals surface area contributed by atoms with Crippen LogP contribution in [0.1, 0.15) is 0 Å². The highest BCUT2D eigenvalue weighted by Crippen LogP contribution is 1.93. The second kappa shape index (κ2) is 3.30. The molecule has 0 fully saturated rings. The van der Waals surface area contributed by atoms with Gasteiger partial charge in [-0.2, -0.15) is 0 Å². The quantitative estimate of drug-likeness (QED) is 0.499. The molecule has 0 spiro atoms. The Labute approximate surface area is 59.8 Å². The number of nitrogens with zero attached hydrogens (tertiary/aromatic N) is 1. The fourth-order valence-electron chi connectivity index (χ4n) is 0.571. The van der Waals surface area contributed by atoms with Gasteiger partial charge in [0, 0.05) is 11.6 Å². The number of thiocarbonyl (C=S) groups is 1. The maximum Gasteiger partial charge on any atom is 0.0965 e. The molecule has 1 atom stereocenters. The number of aliphatic imine (C=N–C) groups is 1. The molecule has 0 saturated carbocycles. The smallest absolute Gasteiger partial charge is 0.0965 e. The van der Waals surface area contributed by atoms with Crippen molar-refractivity contribution in [3.63, 3.8) is 0 Å². The molecule has 0 aliphatic carbocycles. The van der Waals surface area contributed by atoms with Gasteiger partial charge < -0.3 is 0 Å². The Kier molecular flexibility index (Phi) is 2.33. The van der Waals surface area contributed by atoms with Crippen LogP contribution in [0.5, 0.6) is 0 Å². The largest absolute Gasteiger partial charge is 0.281 e. The van der Waals surface area contributed by atoms with E-state index in [0.29, 0.717) is 0 Å². The predicted octanol–water partition coefficient (Wildman–Crippen LogP) is 1.55. The molecule has 1 unspecified atom stereocenters. The maximum atomic E-state index is 4.71. The van der Waals surface area contributed by atoms with Crippen LogP contribution in [0.3, 0.4) is 0 Å². The van der Waals surface area contributed by atoms with Crippen molar-refractivity contribution >= 4 is 23.8 Å².